The Kier molecular flexibility index (Phi) is 7.76. The van der Waals surface area contributed by atoms with Gasteiger partial charge in [0.25, 0.3) is 0 Å². The Hall–Kier alpha value is -3.44. The highest BCUT2D eigenvalue weighted by Crippen LogP contribution is 2.30. The summed E-state index contributed by atoms with van der Waals surface area (Å²) in [5, 5.41) is 4.67. The molecular formula is C28H29ClN4O. The normalized spacial score (nSPS) is 11.9. The highest BCUT2D eigenvalue weighted by molar-refractivity contribution is 6.31. The van der Waals surface area contributed by atoms with Gasteiger partial charge in [0.15, 0.2) is 5.82 Å². The van der Waals surface area contributed by atoms with Crippen molar-refractivity contribution in [3.05, 3.63) is 89.4 Å². The molecule has 4 aromatic rings. The summed E-state index contributed by atoms with van der Waals surface area (Å²) in [6.07, 6.45) is 1.30. The molecule has 6 heteroatoms. The third-order valence-electron chi connectivity index (χ3n) is 5.75. The predicted octanol–water partition coefficient (Wildman–Crippen LogP) is 6.43. The maximum atomic E-state index is 12.8. The van der Waals surface area contributed by atoms with E-state index in [9.17, 15) is 4.79 Å². The highest BCUT2D eigenvalue weighted by Gasteiger charge is 2.17. The zero-order valence-electron chi connectivity index (χ0n) is 19.5. The second-order valence-electron chi connectivity index (χ2n) is 8.34. The molecule has 1 heterocycles. The maximum absolute atomic E-state index is 12.8. The lowest BCUT2D eigenvalue weighted by Gasteiger charge is -2.25. The largest absolute Gasteiger partial charge is 0.355 e. The van der Waals surface area contributed by atoms with E-state index in [2.05, 4.69) is 17.1 Å². The van der Waals surface area contributed by atoms with Crippen molar-refractivity contribution in [2.45, 2.75) is 32.7 Å². The zero-order valence-corrected chi connectivity index (χ0v) is 20.3. The van der Waals surface area contributed by atoms with Gasteiger partial charge in [0, 0.05) is 35.5 Å². The highest BCUT2D eigenvalue weighted by atomic mass is 35.5. The molecule has 174 valence electrons. The van der Waals surface area contributed by atoms with Gasteiger partial charge in [-0.2, -0.15) is 0 Å². The zero-order chi connectivity index (χ0) is 23.9. The van der Waals surface area contributed by atoms with Crippen LogP contribution in [0.2, 0.25) is 5.02 Å². The average Bonchev–Trinajstić information content (AvgIpc) is 2.86. The number of rotatable bonds is 9. The van der Waals surface area contributed by atoms with E-state index in [1.165, 1.54) is 0 Å². The molecule has 0 radical (unpaired) electrons. The van der Waals surface area contributed by atoms with Crippen molar-refractivity contribution < 1.29 is 4.79 Å². The summed E-state index contributed by atoms with van der Waals surface area (Å²) < 4.78 is 0. The van der Waals surface area contributed by atoms with Crippen LogP contribution in [-0.4, -0.2) is 29.0 Å². The van der Waals surface area contributed by atoms with Crippen molar-refractivity contribution in [3.63, 3.8) is 0 Å². The smallest absolute Gasteiger partial charge is 0.222 e. The molecule has 0 saturated heterocycles. The van der Waals surface area contributed by atoms with E-state index in [4.69, 9.17) is 21.6 Å². The quantitative estimate of drug-likeness (QED) is 0.305. The Morgan fingerprint density at radius 2 is 1.68 bits per heavy atom. The molecule has 5 nitrogen and oxygen atoms in total. The van der Waals surface area contributed by atoms with Crippen LogP contribution in [0.3, 0.4) is 0 Å². The molecule has 0 fully saturated rings. The number of benzene rings is 3. The molecule has 1 N–H and O–H groups in total. The molecule has 3 aromatic carbocycles. The number of fused-ring (bicyclic) bond motifs is 1. The van der Waals surface area contributed by atoms with Gasteiger partial charge in [-0.05, 0) is 37.1 Å². The summed E-state index contributed by atoms with van der Waals surface area (Å²) in [5.74, 6) is 1.49. The third kappa shape index (κ3) is 5.72. The summed E-state index contributed by atoms with van der Waals surface area (Å²) in [5.41, 5.74) is 2.82. The van der Waals surface area contributed by atoms with Crippen molar-refractivity contribution in [2.75, 3.05) is 18.0 Å². The Morgan fingerprint density at radius 3 is 2.38 bits per heavy atom. The molecule has 4 rings (SSSR count). The minimum atomic E-state index is -0.0416. The monoisotopic (exact) mass is 472 g/mol. The molecule has 1 amide bonds. The van der Waals surface area contributed by atoms with Gasteiger partial charge in [-0.3, -0.25) is 4.79 Å². The van der Waals surface area contributed by atoms with Gasteiger partial charge < -0.3 is 10.2 Å². The molecular weight excluding hydrogens is 444 g/mol. The number of hydrogen-bond donors (Lipinski definition) is 1. The minimum absolute atomic E-state index is 0.0159. The topological polar surface area (TPSA) is 58.1 Å². The fourth-order valence-electron chi connectivity index (χ4n) is 4.01. The average molecular weight is 473 g/mol. The van der Waals surface area contributed by atoms with E-state index in [0.717, 1.165) is 40.8 Å². The Morgan fingerprint density at radius 1 is 0.971 bits per heavy atom. The van der Waals surface area contributed by atoms with Crippen molar-refractivity contribution in [1.29, 1.82) is 0 Å². The number of nitrogens with one attached hydrogen (secondary N) is 1. The van der Waals surface area contributed by atoms with Gasteiger partial charge in [0.1, 0.15) is 5.82 Å². The first-order valence-electron chi connectivity index (χ1n) is 11.7. The van der Waals surface area contributed by atoms with Gasteiger partial charge in [0.05, 0.1) is 11.6 Å². The van der Waals surface area contributed by atoms with Crippen LogP contribution in [0.1, 0.15) is 38.3 Å². The summed E-state index contributed by atoms with van der Waals surface area (Å²) >= 11 is 6.28. The molecule has 34 heavy (non-hydrogen) atoms. The number of carbonyl (C=O) groups is 1. The Bertz CT molecular complexity index is 1250. The van der Waals surface area contributed by atoms with Crippen LogP contribution < -0.4 is 10.2 Å². The third-order valence-corrected chi connectivity index (χ3v) is 5.98. The SMILES string of the molecule is CCCN(CCC(=O)NC(C)c1ccccc1)c1nc(-c2ccccc2)nc2cc(Cl)ccc12. The van der Waals surface area contributed by atoms with Crippen molar-refractivity contribution in [1.82, 2.24) is 15.3 Å². The molecule has 0 aliphatic carbocycles. The Labute approximate surface area is 205 Å². The van der Waals surface area contributed by atoms with Crippen LogP contribution in [0.25, 0.3) is 22.3 Å². The number of anilines is 1. The summed E-state index contributed by atoms with van der Waals surface area (Å²) in [6.45, 7) is 5.47. The minimum Gasteiger partial charge on any atom is -0.355 e. The molecule has 0 aliphatic rings. The molecule has 0 spiro atoms. The lowest BCUT2D eigenvalue weighted by molar-refractivity contribution is -0.121. The lowest BCUT2D eigenvalue weighted by atomic mass is 10.1. The number of carbonyl (C=O) groups excluding carboxylic acids is 1. The number of nitrogens with zero attached hydrogens (tertiary/aromatic N) is 3. The fourth-order valence-corrected chi connectivity index (χ4v) is 4.18. The second-order valence-corrected chi connectivity index (χ2v) is 8.77. The van der Waals surface area contributed by atoms with Crippen LogP contribution in [0.4, 0.5) is 5.82 Å². The molecule has 0 aliphatic heterocycles. The van der Waals surface area contributed by atoms with Gasteiger partial charge in [-0.15, -0.1) is 0 Å². The van der Waals surface area contributed by atoms with E-state index >= 15 is 0 Å². The molecule has 0 saturated carbocycles. The van der Waals surface area contributed by atoms with E-state index in [-0.39, 0.29) is 11.9 Å². The summed E-state index contributed by atoms with van der Waals surface area (Å²) in [4.78, 5) is 24.7. The molecule has 1 unspecified atom stereocenters. The van der Waals surface area contributed by atoms with E-state index in [0.29, 0.717) is 23.8 Å². The first-order valence-corrected chi connectivity index (χ1v) is 12.0. The van der Waals surface area contributed by atoms with Gasteiger partial charge in [0.2, 0.25) is 5.91 Å². The molecule has 1 atom stereocenters. The predicted molar refractivity (Wildman–Crippen MR) is 140 cm³/mol. The number of halogens is 1. The van der Waals surface area contributed by atoms with E-state index in [1.807, 2.05) is 85.8 Å². The molecule has 1 aromatic heterocycles. The first kappa shape index (κ1) is 23.7. The van der Waals surface area contributed by atoms with Crippen LogP contribution in [0.15, 0.2) is 78.9 Å². The lowest BCUT2D eigenvalue weighted by Crippen LogP contribution is -2.33. The summed E-state index contributed by atoms with van der Waals surface area (Å²) in [7, 11) is 0. The number of aromatic nitrogens is 2. The standard InChI is InChI=1S/C28H29ClN4O/c1-3-17-33(18-16-26(34)30-20(2)21-10-6-4-7-11-21)28-24-15-14-23(29)19-25(24)31-27(32-28)22-12-8-5-9-13-22/h4-15,19-20H,3,16-18H2,1-2H3,(H,30,34). The molecule has 0 bridgehead atoms. The summed E-state index contributed by atoms with van der Waals surface area (Å²) in [6, 6.07) is 25.6. The van der Waals surface area contributed by atoms with Gasteiger partial charge in [-0.1, -0.05) is 79.2 Å². The van der Waals surface area contributed by atoms with E-state index < -0.39 is 0 Å². The maximum Gasteiger partial charge on any atom is 0.222 e. The second kappa shape index (κ2) is 11.1. The first-order chi connectivity index (χ1) is 16.5. The van der Waals surface area contributed by atoms with Crippen LogP contribution in [0.5, 0.6) is 0 Å². The van der Waals surface area contributed by atoms with Crippen molar-refractivity contribution in [2.24, 2.45) is 0 Å². The van der Waals surface area contributed by atoms with Crippen molar-refractivity contribution >= 4 is 34.2 Å². The number of amides is 1. The van der Waals surface area contributed by atoms with E-state index in [1.54, 1.807) is 0 Å². The van der Waals surface area contributed by atoms with Gasteiger partial charge >= 0.3 is 0 Å². The Balaban J connectivity index is 1.59. The van der Waals surface area contributed by atoms with Crippen LogP contribution in [0, 0.1) is 0 Å². The van der Waals surface area contributed by atoms with Crippen LogP contribution in [-0.2, 0) is 4.79 Å². The number of hydrogen-bond acceptors (Lipinski definition) is 4. The van der Waals surface area contributed by atoms with Crippen LogP contribution >= 0.6 is 11.6 Å². The van der Waals surface area contributed by atoms with Gasteiger partial charge in [-0.25, -0.2) is 9.97 Å². The fraction of sp³-hybridized carbons (Fsp3) is 0.250. The van der Waals surface area contributed by atoms with Crippen molar-refractivity contribution in [3.8, 4) is 11.4 Å².